The minimum absolute atomic E-state index is 0.0400. The molecule has 0 amide bonds. The predicted molar refractivity (Wildman–Crippen MR) is 75.6 cm³/mol. The number of hydrogen-bond donors (Lipinski definition) is 2. The van der Waals surface area contributed by atoms with Crippen LogP contribution >= 0.6 is 23.4 Å². The van der Waals surface area contributed by atoms with Crippen molar-refractivity contribution in [3.8, 4) is 0 Å². The van der Waals surface area contributed by atoms with Crippen molar-refractivity contribution in [1.82, 2.24) is 0 Å². The fourth-order valence-corrected chi connectivity index (χ4v) is 3.05. The maximum atomic E-state index is 9.47. The molecule has 0 bridgehead atoms. The van der Waals surface area contributed by atoms with Gasteiger partial charge in [-0.1, -0.05) is 44.5 Å². The van der Waals surface area contributed by atoms with Crippen LogP contribution in [0.15, 0.2) is 29.2 Å². The van der Waals surface area contributed by atoms with E-state index in [0.717, 1.165) is 4.90 Å². The molecule has 0 aliphatic heterocycles. The first kappa shape index (κ1) is 14.8. The van der Waals surface area contributed by atoms with Gasteiger partial charge in [0.15, 0.2) is 0 Å². The average Bonchev–Trinajstić information content (AvgIpc) is 2.26. The first-order valence-electron chi connectivity index (χ1n) is 5.64. The van der Waals surface area contributed by atoms with Gasteiger partial charge in [-0.15, -0.1) is 11.8 Å². The van der Waals surface area contributed by atoms with E-state index in [1.807, 2.05) is 24.3 Å². The van der Waals surface area contributed by atoms with Gasteiger partial charge < -0.3 is 10.8 Å². The van der Waals surface area contributed by atoms with E-state index in [9.17, 15) is 5.11 Å². The molecule has 17 heavy (non-hydrogen) atoms. The smallest absolute Gasteiger partial charge is 0.0568 e. The molecule has 4 heteroatoms. The third-order valence-electron chi connectivity index (χ3n) is 2.70. The summed E-state index contributed by atoms with van der Waals surface area (Å²) in [5.41, 5.74) is 6.14. The highest BCUT2D eigenvalue weighted by Crippen LogP contribution is 2.34. The number of nitrogens with two attached hydrogens (primary N) is 1. The van der Waals surface area contributed by atoms with Crippen molar-refractivity contribution < 1.29 is 5.11 Å². The molecule has 96 valence electrons. The third-order valence-corrected chi connectivity index (χ3v) is 4.49. The van der Waals surface area contributed by atoms with Gasteiger partial charge >= 0.3 is 0 Å². The van der Waals surface area contributed by atoms with Crippen molar-refractivity contribution in [2.45, 2.75) is 37.0 Å². The van der Waals surface area contributed by atoms with Crippen molar-refractivity contribution in [3.63, 3.8) is 0 Å². The normalized spacial score (nSPS) is 15.6. The largest absolute Gasteiger partial charge is 0.395 e. The molecule has 0 spiro atoms. The molecule has 0 saturated carbocycles. The van der Waals surface area contributed by atoms with Gasteiger partial charge in [0, 0.05) is 16.2 Å². The van der Waals surface area contributed by atoms with Crippen LogP contribution in [0.2, 0.25) is 5.02 Å². The minimum atomic E-state index is -0.0891. The van der Waals surface area contributed by atoms with Crippen molar-refractivity contribution in [2.75, 3.05) is 6.61 Å². The minimum Gasteiger partial charge on any atom is -0.395 e. The summed E-state index contributed by atoms with van der Waals surface area (Å²) in [7, 11) is 0. The SMILES string of the molecule is CC(C)(C)C(N)C(CO)Sc1ccccc1Cl. The van der Waals surface area contributed by atoms with E-state index < -0.39 is 0 Å². The molecule has 0 heterocycles. The Morgan fingerprint density at radius 3 is 2.41 bits per heavy atom. The van der Waals surface area contributed by atoms with E-state index in [1.54, 1.807) is 11.8 Å². The van der Waals surface area contributed by atoms with Crippen molar-refractivity contribution in [2.24, 2.45) is 11.1 Å². The van der Waals surface area contributed by atoms with Crippen LogP contribution in [-0.2, 0) is 0 Å². The number of thioether (sulfide) groups is 1. The maximum Gasteiger partial charge on any atom is 0.0568 e. The Labute approximate surface area is 113 Å². The maximum absolute atomic E-state index is 9.47. The number of rotatable bonds is 4. The van der Waals surface area contributed by atoms with Gasteiger partial charge in [0.25, 0.3) is 0 Å². The Bertz CT molecular complexity index is 365. The highest BCUT2D eigenvalue weighted by atomic mass is 35.5. The summed E-state index contributed by atoms with van der Waals surface area (Å²) in [6.45, 7) is 6.28. The number of halogens is 1. The lowest BCUT2D eigenvalue weighted by Crippen LogP contribution is -2.45. The monoisotopic (exact) mass is 273 g/mol. The first-order valence-corrected chi connectivity index (χ1v) is 6.89. The van der Waals surface area contributed by atoms with Crippen LogP contribution in [0.1, 0.15) is 20.8 Å². The number of aliphatic hydroxyl groups excluding tert-OH is 1. The number of hydrogen-bond acceptors (Lipinski definition) is 3. The lowest BCUT2D eigenvalue weighted by molar-refractivity contribution is 0.233. The second-order valence-electron chi connectivity index (χ2n) is 5.16. The average molecular weight is 274 g/mol. The van der Waals surface area contributed by atoms with E-state index >= 15 is 0 Å². The predicted octanol–water partition coefficient (Wildman–Crippen LogP) is 3.17. The molecule has 2 unspecified atom stereocenters. The molecule has 0 aliphatic rings. The van der Waals surface area contributed by atoms with E-state index in [4.69, 9.17) is 17.3 Å². The van der Waals surface area contributed by atoms with Crippen LogP contribution in [0.5, 0.6) is 0 Å². The zero-order valence-corrected chi connectivity index (χ0v) is 12.1. The molecule has 1 aromatic carbocycles. The summed E-state index contributed by atoms with van der Waals surface area (Å²) in [6.07, 6.45) is 0. The van der Waals surface area contributed by atoms with Gasteiger partial charge in [-0.3, -0.25) is 0 Å². The molecule has 3 N–H and O–H groups in total. The molecule has 2 nitrogen and oxygen atoms in total. The molecule has 2 atom stereocenters. The van der Waals surface area contributed by atoms with Crippen LogP contribution < -0.4 is 5.73 Å². The lowest BCUT2D eigenvalue weighted by Gasteiger charge is -2.33. The Morgan fingerprint density at radius 1 is 1.35 bits per heavy atom. The summed E-state index contributed by atoms with van der Waals surface area (Å²) in [4.78, 5) is 0.966. The number of aliphatic hydroxyl groups is 1. The van der Waals surface area contributed by atoms with Gasteiger partial charge in [0.05, 0.1) is 11.6 Å². The topological polar surface area (TPSA) is 46.2 Å². The molecular formula is C13H20ClNOS. The molecule has 0 aliphatic carbocycles. The standard InChI is InChI=1S/C13H20ClNOS/c1-13(2,3)12(15)11(8-16)17-10-7-5-4-6-9(10)14/h4-7,11-12,16H,8,15H2,1-3H3. The van der Waals surface area contributed by atoms with Gasteiger partial charge in [0.2, 0.25) is 0 Å². The molecule has 0 aromatic heterocycles. The first-order chi connectivity index (χ1) is 7.86. The fraction of sp³-hybridized carbons (Fsp3) is 0.538. The van der Waals surface area contributed by atoms with Gasteiger partial charge in [0.1, 0.15) is 0 Å². The summed E-state index contributed by atoms with van der Waals surface area (Å²) < 4.78 is 0. The highest BCUT2D eigenvalue weighted by Gasteiger charge is 2.29. The Morgan fingerprint density at radius 2 is 1.94 bits per heavy atom. The zero-order chi connectivity index (χ0) is 13.1. The molecule has 1 rings (SSSR count). The van der Waals surface area contributed by atoms with E-state index in [0.29, 0.717) is 5.02 Å². The van der Waals surface area contributed by atoms with E-state index in [1.165, 1.54) is 0 Å². The molecule has 0 saturated heterocycles. The lowest BCUT2D eigenvalue weighted by atomic mass is 9.85. The van der Waals surface area contributed by atoms with Crippen LogP contribution in [0.25, 0.3) is 0 Å². The summed E-state index contributed by atoms with van der Waals surface area (Å²) in [6, 6.07) is 7.54. The second-order valence-corrected chi connectivity index (χ2v) is 6.85. The van der Waals surface area contributed by atoms with Crippen LogP contribution in [-0.4, -0.2) is 23.0 Å². The molecule has 0 radical (unpaired) electrons. The summed E-state index contributed by atoms with van der Waals surface area (Å²) >= 11 is 7.64. The Hall–Kier alpha value is -0.220. The highest BCUT2D eigenvalue weighted by molar-refractivity contribution is 8.00. The van der Waals surface area contributed by atoms with Crippen LogP contribution in [0, 0.1) is 5.41 Å². The quantitative estimate of drug-likeness (QED) is 0.829. The molecular weight excluding hydrogens is 254 g/mol. The van der Waals surface area contributed by atoms with Crippen molar-refractivity contribution in [3.05, 3.63) is 29.3 Å². The Kier molecular flexibility index (Phi) is 5.32. The summed E-state index contributed by atoms with van der Waals surface area (Å²) in [5.74, 6) is 0. The zero-order valence-electron chi connectivity index (χ0n) is 10.5. The van der Waals surface area contributed by atoms with E-state index in [-0.39, 0.29) is 23.3 Å². The van der Waals surface area contributed by atoms with Gasteiger partial charge in [-0.05, 0) is 17.5 Å². The second kappa shape index (κ2) is 6.10. The molecule has 1 aromatic rings. The summed E-state index contributed by atoms with van der Waals surface area (Å²) in [5, 5.41) is 10.1. The van der Waals surface area contributed by atoms with Crippen molar-refractivity contribution >= 4 is 23.4 Å². The number of benzene rings is 1. The van der Waals surface area contributed by atoms with Crippen LogP contribution in [0.4, 0.5) is 0 Å². The molecule has 0 fully saturated rings. The van der Waals surface area contributed by atoms with Crippen LogP contribution in [0.3, 0.4) is 0 Å². The third kappa shape index (κ3) is 4.18. The fourth-order valence-electron chi connectivity index (χ4n) is 1.49. The van der Waals surface area contributed by atoms with E-state index in [2.05, 4.69) is 20.8 Å². The van der Waals surface area contributed by atoms with Gasteiger partial charge in [-0.25, -0.2) is 0 Å². The van der Waals surface area contributed by atoms with Gasteiger partial charge in [-0.2, -0.15) is 0 Å². The van der Waals surface area contributed by atoms with Crippen molar-refractivity contribution in [1.29, 1.82) is 0 Å². The Balaban J connectivity index is 2.81.